The third kappa shape index (κ3) is 4.00. The normalized spacial score (nSPS) is 24.4. The van der Waals surface area contributed by atoms with E-state index < -0.39 is 48.8 Å². The second kappa shape index (κ2) is 4.90. The van der Waals surface area contributed by atoms with Crippen molar-refractivity contribution in [2.24, 2.45) is 5.92 Å². The van der Waals surface area contributed by atoms with Crippen molar-refractivity contribution in [3.8, 4) is 0 Å². The minimum Gasteiger partial charge on any atom is -0.480 e. The fourth-order valence-corrected chi connectivity index (χ4v) is 1.83. The van der Waals surface area contributed by atoms with Gasteiger partial charge in [0.25, 0.3) is 0 Å². The summed E-state index contributed by atoms with van der Waals surface area (Å²) in [5.41, 5.74) is -0.892. The largest absolute Gasteiger partial charge is 0.480 e. The van der Waals surface area contributed by atoms with Gasteiger partial charge in [-0.15, -0.1) is 0 Å². The minimum absolute atomic E-state index is 0.631. The molecule has 1 saturated heterocycles. The fourth-order valence-electron chi connectivity index (χ4n) is 1.83. The smallest absolute Gasteiger partial charge is 0.411 e. The van der Waals surface area contributed by atoms with Gasteiger partial charge in [0, 0.05) is 6.54 Å². The van der Waals surface area contributed by atoms with Crippen LogP contribution >= 0.6 is 0 Å². The van der Waals surface area contributed by atoms with Gasteiger partial charge in [-0.2, -0.15) is 13.2 Å². The maximum absolute atomic E-state index is 12.6. The molecule has 1 rings (SSSR count). The number of rotatable bonds is 1. The maximum Gasteiger partial charge on any atom is 0.411 e. The van der Waals surface area contributed by atoms with Gasteiger partial charge in [-0.1, -0.05) is 0 Å². The van der Waals surface area contributed by atoms with E-state index >= 15 is 0 Å². The average Bonchev–Trinajstić information content (AvgIpc) is 2.57. The first-order valence-electron chi connectivity index (χ1n) is 5.71. The third-order valence-electron chi connectivity index (χ3n) is 2.68. The van der Waals surface area contributed by atoms with Gasteiger partial charge in [-0.25, -0.2) is 9.59 Å². The Balaban J connectivity index is 2.86. The molecule has 1 aliphatic rings. The summed E-state index contributed by atoms with van der Waals surface area (Å²) in [6.45, 7) is 3.98. The van der Waals surface area contributed by atoms with Crippen molar-refractivity contribution in [2.75, 3.05) is 6.54 Å². The first-order chi connectivity index (χ1) is 8.42. The zero-order valence-electron chi connectivity index (χ0n) is 10.8. The quantitative estimate of drug-likeness (QED) is 0.801. The molecule has 8 heteroatoms. The van der Waals surface area contributed by atoms with Crippen molar-refractivity contribution in [3.05, 3.63) is 0 Å². The molecule has 0 saturated carbocycles. The summed E-state index contributed by atoms with van der Waals surface area (Å²) in [5, 5.41) is 8.90. The van der Waals surface area contributed by atoms with E-state index in [2.05, 4.69) is 0 Å². The van der Waals surface area contributed by atoms with E-state index in [1.807, 2.05) is 0 Å². The minimum atomic E-state index is -4.52. The molecule has 5 nitrogen and oxygen atoms in total. The van der Waals surface area contributed by atoms with Crippen molar-refractivity contribution < 1.29 is 32.6 Å². The predicted molar refractivity (Wildman–Crippen MR) is 58.5 cm³/mol. The Bertz CT molecular complexity index is 375. The molecule has 0 bridgehead atoms. The first kappa shape index (κ1) is 15.6. The summed E-state index contributed by atoms with van der Waals surface area (Å²) in [6.07, 6.45) is -6.20. The summed E-state index contributed by atoms with van der Waals surface area (Å²) in [4.78, 5) is 23.3. The van der Waals surface area contributed by atoms with Crippen LogP contribution in [0.4, 0.5) is 18.0 Å². The lowest BCUT2D eigenvalue weighted by Gasteiger charge is -2.26. The predicted octanol–water partition coefficient (Wildman–Crippen LogP) is 2.26. The van der Waals surface area contributed by atoms with Crippen LogP contribution in [0.2, 0.25) is 0 Å². The standard InChI is InChI=1S/C11H16F3NO4/c1-10(2,3)19-9(18)15-5-6(11(12,13)14)4-7(15)8(16)17/h6-7H,4-5H2,1-3H3,(H,16,17)/t6-,7-/m0/s1. The summed E-state index contributed by atoms with van der Waals surface area (Å²) >= 11 is 0. The van der Waals surface area contributed by atoms with Crippen molar-refractivity contribution >= 4 is 12.1 Å². The molecule has 110 valence electrons. The molecule has 1 N–H and O–H groups in total. The fraction of sp³-hybridized carbons (Fsp3) is 0.818. The molecular formula is C11H16F3NO4. The number of likely N-dealkylation sites (tertiary alicyclic amines) is 1. The van der Waals surface area contributed by atoms with Crippen LogP contribution in [0.15, 0.2) is 0 Å². The number of hydrogen-bond donors (Lipinski definition) is 1. The number of aliphatic carboxylic acids is 1. The molecule has 1 heterocycles. The SMILES string of the molecule is CC(C)(C)OC(=O)N1C[C@@H](C(F)(F)F)C[C@H]1C(=O)O. The van der Waals surface area contributed by atoms with Gasteiger partial charge in [-0.05, 0) is 27.2 Å². The van der Waals surface area contributed by atoms with E-state index in [0.29, 0.717) is 4.90 Å². The van der Waals surface area contributed by atoms with Crippen molar-refractivity contribution in [2.45, 2.75) is 45.0 Å². The van der Waals surface area contributed by atoms with E-state index in [-0.39, 0.29) is 0 Å². The number of carboxylic acids is 1. The van der Waals surface area contributed by atoms with Crippen LogP contribution < -0.4 is 0 Å². The number of alkyl halides is 3. The Morgan fingerprint density at radius 2 is 1.79 bits per heavy atom. The van der Waals surface area contributed by atoms with Gasteiger partial charge in [-0.3, -0.25) is 4.90 Å². The van der Waals surface area contributed by atoms with Crippen LogP contribution in [0, 0.1) is 5.92 Å². The lowest BCUT2D eigenvalue weighted by atomic mass is 10.1. The highest BCUT2D eigenvalue weighted by Gasteiger charge is 2.51. The van der Waals surface area contributed by atoms with Gasteiger partial charge in [0.05, 0.1) is 5.92 Å². The van der Waals surface area contributed by atoms with E-state index in [1.165, 1.54) is 0 Å². The number of carboxylic acid groups (broad SMARTS) is 1. The number of halogens is 3. The molecule has 0 aromatic rings. The monoisotopic (exact) mass is 283 g/mol. The Labute approximate surface area is 108 Å². The molecule has 1 aliphatic heterocycles. The van der Waals surface area contributed by atoms with Crippen LogP contribution in [0.25, 0.3) is 0 Å². The highest BCUT2D eigenvalue weighted by Crippen LogP contribution is 2.37. The zero-order chi connectivity index (χ0) is 15.0. The second-order valence-corrected chi connectivity index (χ2v) is 5.46. The lowest BCUT2D eigenvalue weighted by molar-refractivity contribution is -0.170. The number of hydrogen-bond acceptors (Lipinski definition) is 3. The molecule has 0 aromatic heterocycles. The number of nitrogens with zero attached hydrogens (tertiary/aromatic N) is 1. The highest BCUT2D eigenvalue weighted by atomic mass is 19.4. The molecule has 1 fully saturated rings. The highest BCUT2D eigenvalue weighted by molar-refractivity contribution is 5.81. The second-order valence-electron chi connectivity index (χ2n) is 5.46. The molecule has 0 aliphatic carbocycles. The Kier molecular flexibility index (Phi) is 4.02. The van der Waals surface area contributed by atoms with Crippen molar-refractivity contribution in [3.63, 3.8) is 0 Å². The Morgan fingerprint density at radius 1 is 1.26 bits per heavy atom. The number of carbonyl (C=O) groups is 2. The van der Waals surface area contributed by atoms with Crippen molar-refractivity contribution in [1.29, 1.82) is 0 Å². The maximum atomic E-state index is 12.6. The van der Waals surface area contributed by atoms with Gasteiger partial charge in [0.2, 0.25) is 0 Å². The molecular weight excluding hydrogens is 267 g/mol. The van der Waals surface area contributed by atoms with Crippen LogP contribution in [-0.2, 0) is 9.53 Å². The first-order valence-corrected chi connectivity index (χ1v) is 5.71. The molecule has 2 atom stereocenters. The lowest BCUT2D eigenvalue weighted by Crippen LogP contribution is -2.43. The van der Waals surface area contributed by atoms with E-state index in [0.717, 1.165) is 0 Å². The topological polar surface area (TPSA) is 66.8 Å². The van der Waals surface area contributed by atoms with E-state index in [9.17, 15) is 22.8 Å². The van der Waals surface area contributed by atoms with Gasteiger partial charge in [0.15, 0.2) is 0 Å². The number of amides is 1. The zero-order valence-corrected chi connectivity index (χ0v) is 10.8. The molecule has 0 spiro atoms. The Hall–Kier alpha value is -1.47. The average molecular weight is 283 g/mol. The van der Waals surface area contributed by atoms with Crippen LogP contribution in [0.5, 0.6) is 0 Å². The summed E-state index contributed by atoms with van der Waals surface area (Å²) in [5.74, 6) is -3.29. The van der Waals surface area contributed by atoms with E-state index in [1.54, 1.807) is 20.8 Å². The summed E-state index contributed by atoms with van der Waals surface area (Å²) in [7, 11) is 0. The van der Waals surface area contributed by atoms with Gasteiger partial charge >= 0.3 is 18.2 Å². The third-order valence-corrected chi connectivity index (χ3v) is 2.68. The number of ether oxygens (including phenoxy) is 1. The van der Waals surface area contributed by atoms with Crippen LogP contribution in [-0.4, -0.2) is 46.4 Å². The molecule has 0 unspecified atom stereocenters. The molecule has 0 radical (unpaired) electrons. The molecule has 19 heavy (non-hydrogen) atoms. The summed E-state index contributed by atoms with van der Waals surface area (Å²) in [6, 6.07) is -1.50. The van der Waals surface area contributed by atoms with E-state index in [4.69, 9.17) is 9.84 Å². The van der Waals surface area contributed by atoms with Gasteiger partial charge < -0.3 is 9.84 Å². The van der Waals surface area contributed by atoms with Gasteiger partial charge in [0.1, 0.15) is 11.6 Å². The summed E-state index contributed by atoms with van der Waals surface area (Å²) < 4.78 is 42.7. The van der Waals surface area contributed by atoms with Crippen molar-refractivity contribution in [1.82, 2.24) is 4.90 Å². The Morgan fingerprint density at radius 3 is 2.16 bits per heavy atom. The number of carbonyl (C=O) groups excluding carboxylic acids is 1. The van der Waals surface area contributed by atoms with Crippen LogP contribution in [0.1, 0.15) is 27.2 Å². The van der Waals surface area contributed by atoms with Crippen LogP contribution in [0.3, 0.4) is 0 Å². The molecule has 1 amide bonds. The molecule has 0 aromatic carbocycles.